The van der Waals surface area contributed by atoms with Crippen LogP contribution in [0.15, 0.2) is 6.07 Å². The van der Waals surface area contributed by atoms with Gasteiger partial charge < -0.3 is 15.9 Å². The molecule has 1 atom stereocenters. The number of aromatic hydroxyl groups is 1. The molecule has 1 rings (SSSR count). The Bertz CT molecular complexity index is 422. The Morgan fingerprint density at radius 1 is 1.67 bits per heavy atom. The quantitative estimate of drug-likeness (QED) is 0.724. The van der Waals surface area contributed by atoms with Crippen LogP contribution in [0.2, 0.25) is 5.02 Å². The number of nitrogens with two attached hydrogens (primary N) is 1. The van der Waals surface area contributed by atoms with Crippen molar-refractivity contribution in [3.8, 4) is 5.75 Å². The summed E-state index contributed by atoms with van der Waals surface area (Å²) in [6.07, 6.45) is 0. The van der Waals surface area contributed by atoms with Crippen molar-refractivity contribution >= 4 is 17.6 Å². The highest BCUT2D eigenvalue weighted by Gasteiger charge is 2.23. The first kappa shape index (κ1) is 11.7. The molecule has 15 heavy (non-hydrogen) atoms. The molecule has 0 aliphatic rings. The zero-order valence-electron chi connectivity index (χ0n) is 7.79. The average Bonchev–Trinajstić information content (AvgIpc) is 2.19. The van der Waals surface area contributed by atoms with Crippen molar-refractivity contribution in [2.45, 2.75) is 13.0 Å². The van der Waals surface area contributed by atoms with Gasteiger partial charge in [-0.15, -0.1) is 0 Å². The van der Waals surface area contributed by atoms with Crippen molar-refractivity contribution in [1.82, 2.24) is 0 Å². The summed E-state index contributed by atoms with van der Waals surface area (Å²) in [6, 6.07) is -0.317. The highest BCUT2D eigenvalue weighted by molar-refractivity contribution is 6.32. The summed E-state index contributed by atoms with van der Waals surface area (Å²) < 4.78 is 13.4. The normalized spacial score (nSPS) is 12.5. The van der Waals surface area contributed by atoms with E-state index in [0.29, 0.717) is 5.56 Å². The van der Waals surface area contributed by atoms with Gasteiger partial charge in [0.2, 0.25) is 0 Å². The van der Waals surface area contributed by atoms with Crippen LogP contribution in [0, 0.1) is 12.7 Å². The van der Waals surface area contributed by atoms with Crippen molar-refractivity contribution < 1.29 is 19.4 Å². The molecule has 4 N–H and O–H groups in total. The molecular weight excluding hydrogens is 225 g/mol. The molecule has 0 saturated carbocycles. The Labute approximate surface area is 90.1 Å². The fourth-order valence-electron chi connectivity index (χ4n) is 1.14. The number of hydrogen-bond acceptors (Lipinski definition) is 3. The molecule has 0 aliphatic heterocycles. The molecule has 0 amide bonds. The maximum absolute atomic E-state index is 13.4. The number of carboxylic acids is 1. The van der Waals surface area contributed by atoms with Crippen LogP contribution in [0.5, 0.6) is 5.75 Å². The van der Waals surface area contributed by atoms with E-state index in [2.05, 4.69) is 0 Å². The summed E-state index contributed by atoms with van der Waals surface area (Å²) in [5.74, 6) is -3.25. The summed E-state index contributed by atoms with van der Waals surface area (Å²) in [4.78, 5) is 10.6. The van der Waals surface area contributed by atoms with Gasteiger partial charge in [0.1, 0.15) is 6.04 Å². The molecule has 4 nitrogen and oxygen atoms in total. The molecule has 0 heterocycles. The minimum atomic E-state index is -1.52. The van der Waals surface area contributed by atoms with Crippen LogP contribution >= 0.6 is 11.6 Å². The minimum absolute atomic E-state index is 0.145. The van der Waals surface area contributed by atoms with E-state index in [4.69, 9.17) is 22.4 Å². The maximum atomic E-state index is 13.4. The molecule has 0 fully saturated rings. The van der Waals surface area contributed by atoms with E-state index in [0.717, 1.165) is 0 Å². The number of carboxylic acid groups (broad SMARTS) is 1. The lowest BCUT2D eigenvalue weighted by molar-refractivity contribution is -0.138. The number of phenolic OH excluding ortho intramolecular Hbond substituents is 1. The highest BCUT2D eigenvalue weighted by Crippen LogP contribution is 2.33. The molecule has 82 valence electrons. The monoisotopic (exact) mass is 233 g/mol. The lowest BCUT2D eigenvalue weighted by atomic mass is 10.0. The number of halogens is 2. The van der Waals surface area contributed by atoms with Gasteiger partial charge in [-0.05, 0) is 18.6 Å². The van der Waals surface area contributed by atoms with Crippen molar-refractivity contribution in [2.75, 3.05) is 0 Å². The smallest absolute Gasteiger partial charge is 0.325 e. The molecule has 0 bridgehead atoms. The lowest BCUT2D eigenvalue weighted by Crippen LogP contribution is -2.22. The first-order chi connectivity index (χ1) is 6.86. The third-order valence-corrected chi connectivity index (χ3v) is 2.47. The number of phenols is 1. The largest absolute Gasteiger partial charge is 0.504 e. The Kier molecular flexibility index (Phi) is 3.16. The van der Waals surface area contributed by atoms with E-state index >= 15 is 0 Å². The Morgan fingerprint density at radius 2 is 2.20 bits per heavy atom. The van der Waals surface area contributed by atoms with Crippen molar-refractivity contribution in [3.05, 3.63) is 28.0 Å². The number of aryl methyl sites for hydroxylation is 1. The molecule has 1 aromatic carbocycles. The predicted molar refractivity (Wildman–Crippen MR) is 52.4 cm³/mol. The average molecular weight is 234 g/mol. The summed E-state index contributed by atoms with van der Waals surface area (Å²) in [7, 11) is 0. The lowest BCUT2D eigenvalue weighted by Gasteiger charge is -2.11. The predicted octanol–water partition coefficient (Wildman–Crippen LogP) is 1.58. The van der Waals surface area contributed by atoms with Gasteiger partial charge in [0, 0.05) is 5.56 Å². The van der Waals surface area contributed by atoms with E-state index in [-0.39, 0.29) is 10.6 Å². The Morgan fingerprint density at radius 3 is 2.67 bits per heavy atom. The van der Waals surface area contributed by atoms with Crippen LogP contribution in [0.3, 0.4) is 0 Å². The van der Waals surface area contributed by atoms with E-state index in [1.54, 1.807) is 0 Å². The summed E-state index contributed by atoms with van der Waals surface area (Å²) >= 11 is 5.56. The number of carbonyl (C=O) groups is 1. The van der Waals surface area contributed by atoms with Gasteiger partial charge in [-0.25, -0.2) is 4.39 Å². The maximum Gasteiger partial charge on any atom is 0.325 e. The van der Waals surface area contributed by atoms with Crippen molar-refractivity contribution in [2.24, 2.45) is 5.73 Å². The van der Waals surface area contributed by atoms with Gasteiger partial charge in [0.25, 0.3) is 0 Å². The minimum Gasteiger partial charge on any atom is -0.504 e. The summed E-state index contributed by atoms with van der Waals surface area (Å²) in [5.41, 5.74) is 5.31. The molecular formula is C9H9ClFNO3. The molecule has 0 spiro atoms. The molecule has 6 heteroatoms. The molecule has 1 aromatic rings. The number of rotatable bonds is 2. The first-order valence-corrected chi connectivity index (χ1v) is 4.40. The van der Waals surface area contributed by atoms with Gasteiger partial charge in [0.15, 0.2) is 11.6 Å². The van der Waals surface area contributed by atoms with Crippen LogP contribution in [0.4, 0.5) is 4.39 Å². The molecule has 0 saturated heterocycles. The second-order valence-corrected chi connectivity index (χ2v) is 3.45. The highest BCUT2D eigenvalue weighted by atomic mass is 35.5. The van der Waals surface area contributed by atoms with Crippen molar-refractivity contribution in [1.29, 1.82) is 0 Å². The number of hydrogen-bond donors (Lipinski definition) is 3. The van der Waals surface area contributed by atoms with E-state index in [9.17, 15) is 14.3 Å². The number of benzene rings is 1. The van der Waals surface area contributed by atoms with Crippen LogP contribution in [0.25, 0.3) is 0 Å². The second kappa shape index (κ2) is 4.04. The van der Waals surface area contributed by atoms with Crippen LogP contribution in [-0.4, -0.2) is 16.2 Å². The van der Waals surface area contributed by atoms with Crippen molar-refractivity contribution in [3.63, 3.8) is 0 Å². The van der Waals surface area contributed by atoms with Gasteiger partial charge >= 0.3 is 5.97 Å². The SMILES string of the molecule is Cc1cc(C(N)C(=O)O)c(F)c(O)c1Cl. The van der Waals surface area contributed by atoms with Crippen LogP contribution < -0.4 is 5.73 Å². The Balaban J connectivity index is 3.38. The standard InChI is InChI=1S/C9H9ClFNO3/c1-3-2-4(7(12)9(14)15)6(11)8(13)5(3)10/h2,7,13H,12H2,1H3,(H,14,15). The molecule has 0 aromatic heterocycles. The molecule has 0 radical (unpaired) electrons. The van der Waals surface area contributed by atoms with E-state index in [1.807, 2.05) is 0 Å². The fraction of sp³-hybridized carbons (Fsp3) is 0.222. The van der Waals surface area contributed by atoms with Gasteiger partial charge in [-0.2, -0.15) is 0 Å². The van der Waals surface area contributed by atoms with Crippen LogP contribution in [-0.2, 0) is 4.79 Å². The second-order valence-electron chi connectivity index (χ2n) is 3.08. The summed E-state index contributed by atoms with van der Waals surface area (Å²) in [5, 5.41) is 17.7. The fourth-order valence-corrected chi connectivity index (χ4v) is 1.28. The van der Waals surface area contributed by atoms with Gasteiger partial charge in [-0.3, -0.25) is 4.79 Å². The zero-order chi connectivity index (χ0) is 11.7. The number of aliphatic carboxylic acids is 1. The Hall–Kier alpha value is -1.33. The summed E-state index contributed by atoms with van der Waals surface area (Å²) in [6.45, 7) is 1.51. The molecule has 0 aliphatic carbocycles. The van der Waals surface area contributed by atoms with Gasteiger partial charge in [0.05, 0.1) is 5.02 Å². The molecule has 1 unspecified atom stereocenters. The zero-order valence-corrected chi connectivity index (χ0v) is 8.55. The van der Waals surface area contributed by atoms with E-state index < -0.39 is 23.6 Å². The van der Waals surface area contributed by atoms with Gasteiger partial charge in [-0.1, -0.05) is 11.6 Å². The van der Waals surface area contributed by atoms with E-state index in [1.165, 1.54) is 13.0 Å². The third-order valence-electron chi connectivity index (χ3n) is 1.99. The first-order valence-electron chi connectivity index (χ1n) is 4.02. The van der Waals surface area contributed by atoms with Crippen LogP contribution in [0.1, 0.15) is 17.2 Å². The third kappa shape index (κ3) is 2.03. The topological polar surface area (TPSA) is 83.6 Å².